The Bertz CT molecular complexity index is 132. The highest BCUT2D eigenvalue weighted by atomic mass is 16.3. The van der Waals surface area contributed by atoms with Gasteiger partial charge in [0.1, 0.15) is 0 Å². The molecule has 2 atom stereocenters. The summed E-state index contributed by atoms with van der Waals surface area (Å²) in [5, 5.41) is 13.2. The van der Waals surface area contributed by atoms with Gasteiger partial charge in [-0.3, -0.25) is 0 Å². The Morgan fingerprint density at radius 3 is 2.55 bits per heavy atom. The van der Waals surface area contributed by atoms with E-state index < -0.39 is 5.60 Å². The molecule has 1 rings (SSSR count). The summed E-state index contributed by atoms with van der Waals surface area (Å²) in [5.41, 5.74) is -0.468. The first kappa shape index (κ1) is 9.01. The Kier molecular flexibility index (Phi) is 2.55. The summed E-state index contributed by atoms with van der Waals surface area (Å²) >= 11 is 0. The molecule has 0 unspecified atom stereocenters. The molecule has 1 saturated carbocycles. The lowest BCUT2D eigenvalue weighted by atomic mass is 10.0. The Balaban J connectivity index is 2.45. The number of nitrogens with one attached hydrogen (secondary N) is 1. The molecule has 2 heteroatoms. The average Bonchev–Trinajstić information content (AvgIpc) is 2.10. The van der Waals surface area contributed by atoms with Crippen molar-refractivity contribution in [2.24, 2.45) is 0 Å². The fraction of sp³-hybridized carbons (Fsp3) is 1.00. The van der Waals surface area contributed by atoms with Crippen molar-refractivity contribution in [2.75, 3.05) is 0 Å². The summed E-state index contributed by atoms with van der Waals surface area (Å²) in [4.78, 5) is 0. The van der Waals surface area contributed by atoms with Crippen LogP contribution in [-0.2, 0) is 0 Å². The maximum absolute atomic E-state index is 9.84. The monoisotopic (exact) mass is 157 g/mol. The standard InChI is InChI=1S/C9H19NO/c1-7(2)10-8-5-4-6-9(8,3)11/h7-8,10-11H,4-6H2,1-3H3/t8-,9+/m1/s1. The molecule has 2 nitrogen and oxygen atoms in total. The molecule has 11 heavy (non-hydrogen) atoms. The minimum absolute atomic E-state index is 0.308. The van der Waals surface area contributed by atoms with Gasteiger partial charge in [0.05, 0.1) is 5.60 Å². The third kappa shape index (κ3) is 2.17. The van der Waals surface area contributed by atoms with Crippen molar-refractivity contribution in [1.29, 1.82) is 0 Å². The second kappa shape index (κ2) is 3.11. The Morgan fingerprint density at radius 2 is 2.18 bits per heavy atom. The van der Waals surface area contributed by atoms with Crippen molar-refractivity contribution in [3.05, 3.63) is 0 Å². The first-order valence-corrected chi connectivity index (χ1v) is 4.51. The van der Waals surface area contributed by atoms with E-state index in [9.17, 15) is 5.11 Å². The zero-order valence-electron chi connectivity index (χ0n) is 7.72. The SMILES string of the molecule is CC(C)N[C@@H]1CCC[C@]1(C)O. The summed E-state index contributed by atoms with van der Waals surface area (Å²) in [6.07, 6.45) is 3.21. The lowest BCUT2D eigenvalue weighted by Crippen LogP contribution is -2.47. The molecular weight excluding hydrogens is 138 g/mol. The van der Waals surface area contributed by atoms with Crippen LogP contribution in [0, 0.1) is 0 Å². The molecule has 0 bridgehead atoms. The maximum atomic E-state index is 9.84. The van der Waals surface area contributed by atoms with E-state index in [1.165, 1.54) is 0 Å². The predicted molar refractivity (Wildman–Crippen MR) is 46.5 cm³/mol. The third-order valence-corrected chi connectivity index (χ3v) is 2.46. The van der Waals surface area contributed by atoms with Crippen molar-refractivity contribution in [2.45, 2.75) is 57.7 Å². The van der Waals surface area contributed by atoms with Gasteiger partial charge in [-0.2, -0.15) is 0 Å². The van der Waals surface area contributed by atoms with Gasteiger partial charge in [0.2, 0.25) is 0 Å². The summed E-state index contributed by atoms with van der Waals surface area (Å²) in [5.74, 6) is 0. The van der Waals surface area contributed by atoms with Gasteiger partial charge < -0.3 is 10.4 Å². The van der Waals surface area contributed by atoms with E-state index in [0.717, 1.165) is 19.3 Å². The Hall–Kier alpha value is -0.0800. The zero-order valence-corrected chi connectivity index (χ0v) is 7.72. The largest absolute Gasteiger partial charge is 0.389 e. The van der Waals surface area contributed by atoms with Crippen LogP contribution in [0.2, 0.25) is 0 Å². The molecule has 0 heterocycles. The molecule has 0 amide bonds. The molecule has 1 aliphatic rings. The number of hydrogen-bond acceptors (Lipinski definition) is 2. The van der Waals surface area contributed by atoms with Crippen LogP contribution in [-0.4, -0.2) is 22.8 Å². The topological polar surface area (TPSA) is 32.3 Å². The quantitative estimate of drug-likeness (QED) is 0.633. The minimum atomic E-state index is -0.468. The highest BCUT2D eigenvalue weighted by molar-refractivity contribution is 4.94. The van der Waals surface area contributed by atoms with Crippen LogP contribution in [0.5, 0.6) is 0 Å². The van der Waals surface area contributed by atoms with Crippen LogP contribution < -0.4 is 5.32 Å². The van der Waals surface area contributed by atoms with Crippen LogP contribution >= 0.6 is 0 Å². The van der Waals surface area contributed by atoms with Crippen molar-refractivity contribution in [1.82, 2.24) is 5.32 Å². The van der Waals surface area contributed by atoms with Gasteiger partial charge in [-0.25, -0.2) is 0 Å². The molecule has 1 fully saturated rings. The van der Waals surface area contributed by atoms with Gasteiger partial charge in [0.25, 0.3) is 0 Å². The molecular formula is C9H19NO. The number of rotatable bonds is 2. The molecule has 0 spiro atoms. The van der Waals surface area contributed by atoms with Crippen LogP contribution in [0.1, 0.15) is 40.0 Å². The van der Waals surface area contributed by atoms with E-state index >= 15 is 0 Å². The molecule has 66 valence electrons. The van der Waals surface area contributed by atoms with Gasteiger partial charge in [-0.15, -0.1) is 0 Å². The predicted octanol–water partition coefficient (Wildman–Crippen LogP) is 1.29. The maximum Gasteiger partial charge on any atom is 0.0772 e. The molecule has 0 radical (unpaired) electrons. The summed E-state index contributed by atoms with van der Waals surface area (Å²) < 4.78 is 0. The van der Waals surface area contributed by atoms with E-state index in [1.54, 1.807) is 0 Å². The van der Waals surface area contributed by atoms with Gasteiger partial charge >= 0.3 is 0 Å². The van der Waals surface area contributed by atoms with Crippen LogP contribution in [0.15, 0.2) is 0 Å². The highest BCUT2D eigenvalue weighted by Crippen LogP contribution is 2.29. The van der Waals surface area contributed by atoms with Crippen molar-refractivity contribution < 1.29 is 5.11 Å². The van der Waals surface area contributed by atoms with Gasteiger partial charge in [-0.1, -0.05) is 13.8 Å². The molecule has 0 aromatic heterocycles. The number of aliphatic hydroxyl groups is 1. The minimum Gasteiger partial charge on any atom is -0.389 e. The Morgan fingerprint density at radius 1 is 1.55 bits per heavy atom. The van der Waals surface area contributed by atoms with Crippen molar-refractivity contribution in [3.8, 4) is 0 Å². The fourth-order valence-electron chi connectivity index (χ4n) is 1.81. The third-order valence-electron chi connectivity index (χ3n) is 2.46. The molecule has 2 N–H and O–H groups in total. The van der Waals surface area contributed by atoms with Gasteiger partial charge in [0, 0.05) is 12.1 Å². The van der Waals surface area contributed by atoms with E-state index in [-0.39, 0.29) is 0 Å². The van der Waals surface area contributed by atoms with Crippen LogP contribution in [0.25, 0.3) is 0 Å². The molecule has 0 saturated heterocycles. The smallest absolute Gasteiger partial charge is 0.0772 e. The Labute approximate surface area is 69.0 Å². The van der Waals surface area contributed by atoms with Crippen molar-refractivity contribution >= 4 is 0 Å². The zero-order chi connectivity index (χ0) is 8.48. The van der Waals surface area contributed by atoms with Crippen LogP contribution in [0.4, 0.5) is 0 Å². The summed E-state index contributed by atoms with van der Waals surface area (Å²) in [6.45, 7) is 6.17. The number of hydrogen-bond donors (Lipinski definition) is 2. The van der Waals surface area contributed by atoms with E-state index in [0.29, 0.717) is 12.1 Å². The fourth-order valence-corrected chi connectivity index (χ4v) is 1.81. The highest BCUT2D eigenvalue weighted by Gasteiger charge is 2.36. The van der Waals surface area contributed by atoms with Gasteiger partial charge in [-0.05, 0) is 26.2 Å². The van der Waals surface area contributed by atoms with E-state index in [1.807, 2.05) is 6.92 Å². The first-order valence-electron chi connectivity index (χ1n) is 4.51. The molecule has 0 aromatic carbocycles. The van der Waals surface area contributed by atoms with Gasteiger partial charge in [0.15, 0.2) is 0 Å². The normalized spacial score (nSPS) is 38.5. The molecule has 1 aliphatic carbocycles. The summed E-state index contributed by atoms with van der Waals surface area (Å²) in [6, 6.07) is 0.784. The van der Waals surface area contributed by atoms with E-state index in [2.05, 4.69) is 19.2 Å². The van der Waals surface area contributed by atoms with Crippen molar-refractivity contribution in [3.63, 3.8) is 0 Å². The lowest BCUT2D eigenvalue weighted by molar-refractivity contribution is 0.0366. The molecule has 0 aromatic rings. The molecule has 0 aliphatic heterocycles. The van der Waals surface area contributed by atoms with Crippen LogP contribution in [0.3, 0.4) is 0 Å². The summed E-state index contributed by atoms with van der Waals surface area (Å²) in [7, 11) is 0. The van der Waals surface area contributed by atoms with E-state index in [4.69, 9.17) is 0 Å². The first-order chi connectivity index (χ1) is 5.02. The second-order valence-electron chi connectivity index (χ2n) is 4.12. The average molecular weight is 157 g/mol. The lowest BCUT2D eigenvalue weighted by Gasteiger charge is -2.28. The second-order valence-corrected chi connectivity index (χ2v) is 4.12.